The van der Waals surface area contributed by atoms with E-state index in [1.165, 1.54) is 6.92 Å². The minimum atomic E-state index is -1.06. The van der Waals surface area contributed by atoms with Gasteiger partial charge in [0.1, 0.15) is 40.4 Å². The molecule has 0 radical (unpaired) electrons. The highest BCUT2D eigenvalue weighted by molar-refractivity contribution is 7.18. The second-order valence-electron chi connectivity index (χ2n) is 15.8. The third-order valence-electron chi connectivity index (χ3n) is 8.82. The number of benzene rings is 1. The molecular formula is C40H58F2N6O9S. The van der Waals surface area contributed by atoms with Crippen molar-refractivity contribution in [3.63, 3.8) is 0 Å². The molecule has 322 valence electrons. The molecule has 2 rings (SSSR count). The van der Waals surface area contributed by atoms with E-state index in [2.05, 4.69) is 31.9 Å². The highest BCUT2D eigenvalue weighted by Gasteiger charge is 2.34. The summed E-state index contributed by atoms with van der Waals surface area (Å²) in [5.74, 6) is -7.66. The molecule has 0 aliphatic heterocycles. The van der Waals surface area contributed by atoms with Crippen molar-refractivity contribution in [1.82, 2.24) is 26.6 Å². The van der Waals surface area contributed by atoms with Gasteiger partial charge in [0, 0.05) is 19.2 Å². The average Bonchev–Trinajstić information content (AvgIpc) is 3.43. The van der Waals surface area contributed by atoms with Crippen LogP contribution in [0.3, 0.4) is 0 Å². The van der Waals surface area contributed by atoms with E-state index in [0.29, 0.717) is 6.07 Å². The van der Waals surface area contributed by atoms with Crippen LogP contribution in [0.2, 0.25) is 0 Å². The van der Waals surface area contributed by atoms with Gasteiger partial charge in [-0.25, -0.2) is 18.4 Å². The van der Waals surface area contributed by atoms with Gasteiger partial charge < -0.3 is 41.4 Å². The monoisotopic (exact) mass is 836 g/mol. The number of esters is 1. The number of rotatable bonds is 18. The molecule has 6 N–H and O–H groups in total. The molecule has 0 fully saturated rings. The van der Waals surface area contributed by atoms with Crippen LogP contribution in [0.1, 0.15) is 113 Å². The van der Waals surface area contributed by atoms with Crippen LogP contribution in [0.5, 0.6) is 0 Å². The third kappa shape index (κ3) is 14.1. The molecule has 0 spiro atoms. The Morgan fingerprint density at radius 1 is 0.724 bits per heavy atom. The molecule has 0 saturated carbocycles. The van der Waals surface area contributed by atoms with Crippen LogP contribution in [0, 0.1) is 36.3 Å². The second-order valence-corrected chi connectivity index (χ2v) is 16.8. The lowest BCUT2D eigenvalue weighted by molar-refractivity contribution is -0.134. The Kier molecular flexibility index (Phi) is 18.2. The van der Waals surface area contributed by atoms with Crippen molar-refractivity contribution in [3.05, 3.63) is 51.4 Å². The Hall–Kier alpha value is -5.13. The zero-order chi connectivity index (χ0) is 44.2. The van der Waals surface area contributed by atoms with Crippen LogP contribution >= 0.6 is 11.3 Å². The number of ether oxygens (including phenoxy) is 2. The summed E-state index contributed by atoms with van der Waals surface area (Å²) in [6, 6.07) is -0.301. The van der Waals surface area contributed by atoms with E-state index >= 15 is 0 Å². The van der Waals surface area contributed by atoms with Crippen molar-refractivity contribution in [2.24, 2.45) is 17.8 Å². The summed E-state index contributed by atoms with van der Waals surface area (Å²) in [5, 5.41) is 16.0. The minimum absolute atomic E-state index is 0.00793. The molecule has 15 nitrogen and oxygen atoms in total. The van der Waals surface area contributed by atoms with Gasteiger partial charge in [0.2, 0.25) is 23.6 Å². The smallest absolute Gasteiger partial charge is 0.408 e. The molecule has 0 aliphatic carbocycles. The molecule has 0 saturated heterocycles. The van der Waals surface area contributed by atoms with Gasteiger partial charge in [-0.15, -0.1) is 11.3 Å². The fraction of sp³-hybridized carbons (Fsp3) is 0.575. The molecule has 6 amide bonds. The number of methoxy groups -OCH3 is 1. The number of carbonyl (C=O) groups excluding carboxylic acids is 7. The maximum absolute atomic E-state index is 13.9. The lowest BCUT2D eigenvalue weighted by Gasteiger charge is -2.29. The third-order valence-corrected chi connectivity index (χ3v) is 10.0. The Morgan fingerprint density at radius 3 is 1.67 bits per heavy atom. The lowest BCUT2D eigenvalue weighted by Crippen LogP contribution is -2.60. The molecule has 1 unspecified atom stereocenters. The first-order valence-electron chi connectivity index (χ1n) is 19.1. The maximum atomic E-state index is 13.9. The molecule has 58 heavy (non-hydrogen) atoms. The van der Waals surface area contributed by atoms with Crippen molar-refractivity contribution in [3.8, 4) is 0 Å². The number of anilines is 1. The van der Waals surface area contributed by atoms with Gasteiger partial charge in [-0.3, -0.25) is 24.0 Å². The Morgan fingerprint density at radius 2 is 1.21 bits per heavy atom. The quantitative estimate of drug-likeness (QED) is 0.0887. The van der Waals surface area contributed by atoms with Crippen LogP contribution < -0.4 is 31.9 Å². The summed E-state index contributed by atoms with van der Waals surface area (Å²) in [5.41, 5.74) is -0.541. The molecule has 2 aromatic rings. The summed E-state index contributed by atoms with van der Waals surface area (Å²) in [7, 11) is 1.14. The zero-order valence-corrected chi connectivity index (χ0v) is 36.0. The van der Waals surface area contributed by atoms with Crippen LogP contribution in [0.15, 0.2) is 18.2 Å². The number of carbonyl (C=O) groups is 7. The lowest BCUT2D eigenvalue weighted by atomic mass is 9.95. The van der Waals surface area contributed by atoms with E-state index in [1.54, 1.807) is 69.2 Å². The molecule has 1 aromatic heterocycles. The fourth-order valence-electron chi connectivity index (χ4n) is 5.79. The number of hydrogen-bond donors (Lipinski definition) is 6. The van der Waals surface area contributed by atoms with Crippen LogP contribution in [0.25, 0.3) is 0 Å². The first-order chi connectivity index (χ1) is 26.9. The molecular weight excluding hydrogens is 779 g/mol. The first-order valence-corrected chi connectivity index (χ1v) is 19.9. The number of nitrogens with one attached hydrogen (secondary N) is 6. The van der Waals surface area contributed by atoms with Gasteiger partial charge in [-0.1, -0.05) is 48.5 Å². The van der Waals surface area contributed by atoms with Gasteiger partial charge in [0.05, 0.1) is 23.5 Å². The summed E-state index contributed by atoms with van der Waals surface area (Å²) >= 11 is 0.808. The van der Waals surface area contributed by atoms with E-state index in [4.69, 9.17) is 9.47 Å². The summed E-state index contributed by atoms with van der Waals surface area (Å²) < 4.78 is 38.0. The fourth-order valence-corrected chi connectivity index (χ4v) is 6.91. The van der Waals surface area contributed by atoms with E-state index in [0.717, 1.165) is 30.6 Å². The second kappa shape index (κ2) is 21.6. The number of hydrogen-bond acceptors (Lipinski definition) is 10. The van der Waals surface area contributed by atoms with Gasteiger partial charge in [-0.2, -0.15) is 0 Å². The Labute approximate surface area is 342 Å². The topological polar surface area (TPSA) is 210 Å². The van der Waals surface area contributed by atoms with Gasteiger partial charge in [0.25, 0.3) is 5.91 Å². The maximum Gasteiger partial charge on any atom is 0.408 e. The van der Waals surface area contributed by atoms with Crippen molar-refractivity contribution in [2.45, 2.75) is 112 Å². The largest absolute Gasteiger partial charge is 0.465 e. The van der Waals surface area contributed by atoms with Crippen molar-refractivity contribution in [1.29, 1.82) is 0 Å². The van der Waals surface area contributed by atoms with Gasteiger partial charge in [0.15, 0.2) is 0 Å². The number of thiophene rings is 1. The Bertz CT molecular complexity index is 1810. The minimum Gasteiger partial charge on any atom is -0.465 e. The van der Waals surface area contributed by atoms with Crippen LogP contribution in [-0.2, 0) is 28.7 Å². The highest BCUT2D eigenvalue weighted by Crippen LogP contribution is 2.35. The standard InChI is InChI=1S/C40H58F2N6O9S/c1-13-26(23-16-24(41)18-25(42)17-23)32(49)48-37-27(38(54)56-12)22(8)31(58-37)36(53)44-15-14-43-33(50)28(19(2)3)45-34(51)29(20(4)5)46-35(52)30(21(6)7)47-39(55)57-40(9,10)11/h16-21,26,28-30H,13-15H2,1-12H3,(H,43,50)(H,44,53)(H,45,51)(H,46,52)(H,47,55)(H,48,49)/t26?,28-,29-,30-/m0/s1. The molecule has 18 heteroatoms. The number of amides is 6. The van der Waals surface area contributed by atoms with Crippen LogP contribution in [0.4, 0.5) is 18.6 Å². The number of alkyl carbamates (subject to hydrolysis) is 1. The normalized spacial score (nSPS) is 13.5. The van der Waals surface area contributed by atoms with Gasteiger partial charge >= 0.3 is 12.1 Å². The molecule has 0 bridgehead atoms. The molecule has 1 heterocycles. The van der Waals surface area contributed by atoms with Crippen LogP contribution in [-0.4, -0.2) is 85.5 Å². The SMILES string of the molecule is CCC(C(=O)Nc1sc(C(=O)NCCNC(=O)[C@@H](NC(=O)[C@@H](NC(=O)[C@@H](NC(=O)OC(C)(C)C)C(C)C)C(C)C)C(C)C)c(C)c1C(=O)OC)c1cc(F)cc(F)c1. The van der Waals surface area contributed by atoms with E-state index < -0.39 is 88.8 Å². The molecule has 0 aliphatic rings. The highest BCUT2D eigenvalue weighted by atomic mass is 32.1. The summed E-state index contributed by atoms with van der Waals surface area (Å²) in [6.45, 7) is 18.5. The van der Waals surface area contributed by atoms with Crippen molar-refractivity contribution in [2.75, 3.05) is 25.5 Å². The first kappa shape index (κ1) is 49.0. The van der Waals surface area contributed by atoms with E-state index in [-0.39, 0.29) is 57.9 Å². The molecule has 4 atom stereocenters. The van der Waals surface area contributed by atoms with E-state index in [9.17, 15) is 42.3 Å². The summed E-state index contributed by atoms with van der Waals surface area (Å²) in [6.07, 6.45) is -0.608. The van der Waals surface area contributed by atoms with Gasteiger partial charge in [-0.05, 0) is 75.1 Å². The zero-order valence-electron chi connectivity index (χ0n) is 35.2. The predicted octanol–water partition coefficient (Wildman–Crippen LogP) is 4.93. The average molecular weight is 837 g/mol. The van der Waals surface area contributed by atoms with Crippen molar-refractivity contribution >= 4 is 57.9 Å². The Balaban J connectivity index is 2.12. The van der Waals surface area contributed by atoms with Crippen molar-refractivity contribution < 1.29 is 51.8 Å². The summed E-state index contributed by atoms with van der Waals surface area (Å²) in [4.78, 5) is 92.0. The van der Waals surface area contributed by atoms with E-state index in [1.807, 2.05) is 0 Å². The predicted molar refractivity (Wildman–Crippen MR) is 215 cm³/mol. The molecule has 1 aromatic carbocycles. The number of halogens is 2.